The van der Waals surface area contributed by atoms with E-state index in [-0.39, 0.29) is 25.7 Å². The molecule has 0 aromatic carbocycles. The van der Waals surface area contributed by atoms with E-state index in [0.29, 0.717) is 0 Å². The van der Waals surface area contributed by atoms with Crippen LogP contribution in [-0.2, 0) is 4.79 Å². The van der Waals surface area contributed by atoms with Gasteiger partial charge in [0.25, 0.3) is 0 Å². The lowest BCUT2D eigenvalue weighted by atomic mass is 9.94. The number of rotatable bonds is 6. The Kier molecular flexibility index (Phi) is 6.22. The highest BCUT2D eigenvalue weighted by Crippen LogP contribution is 2.22. The van der Waals surface area contributed by atoms with Crippen molar-refractivity contribution in [1.82, 2.24) is 10.2 Å². The number of amides is 2. The van der Waals surface area contributed by atoms with Crippen LogP contribution in [0.1, 0.15) is 39.0 Å². The molecule has 0 saturated heterocycles. The van der Waals surface area contributed by atoms with Crippen molar-refractivity contribution in [2.24, 2.45) is 0 Å². The van der Waals surface area contributed by atoms with E-state index in [2.05, 4.69) is 5.32 Å². The minimum absolute atomic E-state index is 0.0747. The van der Waals surface area contributed by atoms with Crippen molar-refractivity contribution in [2.45, 2.75) is 50.7 Å². The molecule has 1 aliphatic rings. The molecule has 4 N–H and O–H groups in total. The molecule has 1 unspecified atom stereocenters. The first-order chi connectivity index (χ1) is 9.38. The number of nitrogens with one attached hydrogen (secondary N) is 1. The Hall–Kier alpha value is -1.34. The third-order valence-electron chi connectivity index (χ3n) is 3.66. The van der Waals surface area contributed by atoms with Gasteiger partial charge in [-0.2, -0.15) is 0 Å². The third kappa shape index (κ3) is 4.64. The molecule has 116 valence electrons. The Morgan fingerprint density at radius 3 is 2.40 bits per heavy atom. The van der Waals surface area contributed by atoms with Gasteiger partial charge in [0.2, 0.25) is 0 Å². The molecule has 0 aliphatic heterocycles. The number of carboxylic acid groups (broad SMARTS) is 1. The van der Waals surface area contributed by atoms with Crippen molar-refractivity contribution in [1.29, 1.82) is 0 Å². The Morgan fingerprint density at radius 2 is 1.90 bits per heavy atom. The van der Waals surface area contributed by atoms with Crippen LogP contribution in [0.5, 0.6) is 0 Å². The quantitative estimate of drug-likeness (QED) is 0.556. The lowest BCUT2D eigenvalue weighted by molar-refractivity contribution is -0.155. The highest BCUT2D eigenvalue weighted by atomic mass is 16.4. The van der Waals surface area contributed by atoms with Gasteiger partial charge in [-0.3, -0.25) is 0 Å². The Labute approximate surface area is 118 Å². The zero-order valence-corrected chi connectivity index (χ0v) is 11.8. The monoisotopic (exact) mass is 288 g/mol. The van der Waals surface area contributed by atoms with Crippen molar-refractivity contribution in [3.8, 4) is 0 Å². The predicted octanol–water partition coefficient (Wildman–Crippen LogP) is 0.159. The number of aliphatic carboxylic acids is 1. The second kappa shape index (κ2) is 7.44. The number of aliphatic hydroxyl groups is 2. The molecular weight excluding hydrogens is 264 g/mol. The molecule has 0 spiro atoms. The third-order valence-corrected chi connectivity index (χ3v) is 3.66. The number of carbonyl (C=O) groups excluding carboxylic acids is 1. The van der Waals surface area contributed by atoms with Gasteiger partial charge in [-0.05, 0) is 19.8 Å². The Morgan fingerprint density at radius 1 is 1.30 bits per heavy atom. The van der Waals surface area contributed by atoms with Crippen LogP contribution >= 0.6 is 0 Å². The van der Waals surface area contributed by atoms with Gasteiger partial charge in [0.1, 0.15) is 0 Å². The SMILES string of the molecule is CC(O)(CNC(=O)N(CCO)C1CCCCC1)C(=O)O. The minimum Gasteiger partial charge on any atom is -0.479 e. The highest BCUT2D eigenvalue weighted by Gasteiger charge is 2.32. The van der Waals surface area contributed by atoms with Crippen molar-refractivity contribution >= 4 is 12.0 Å². The van der Waals surface area contributed by atoms with E-state index in [0.717, 1.165) is 39.0 Å². The average Bonchev–Trinajstić information content (AvgIpc) is 2.43. The summed E-state index contributed by atoms with van der Waals surface area (Å²) in [5.74, 6) is -1.39. The summed E-state index contributed by atoms with van der Waals surface area (Å²) in [5.41, 5.74) is -1.99. The summed E-state index contributed by atoms with van der Waals surface area (Å²) in [6.45, 7) is 0.841. The van der Waals surface area contributed by atoms with Gasteiger partial charge in [-0.25, -0.2) is 9.59 Å². The first-order valence-corrected chi connectivity index (χ1v) is 6.99. The van der Waals surface area contributed by atoms with Crippen molar-refractivity contribution in [3.05, 3.63) is 0 Å². The van der Waals surface area contributed by atoms with Gasteiger partial charge in [-0.15, -0.1) is 0 Å². The van der Waals surface area contributed by atoms with Crippen LogP contribution in [0.4, 0.5) is 4.79 Å². The maximum Gasteiger partial charge on any atom is 0.337 e. The van der Waals surface area contributed by atoms with Crippen LogP contribution in [0.2, 0.25) is 0 Å². The van der Waals surface area contributed by atoms with Crippen LogP contribution in [-0.4, -0.2) is 63.6 Å². The lowest BCUT2D eigenvalue weighted by Gasteiger charge is -2.34. The summed E-state index contributed by atoms with van der Waals surface area (Å²) in [6, 6.07) is -0.363. The number of aliphatic hydroxyl groups excluding tert-OH is 1. The van der Waals surface area contributed by atoms with Gasteiger partial charge in [-0.1, -0.05) is 19.3 Å². The fourth-order valence-electron chi connectivity index (χ4n) is 2.38. The lowest BCUT2D eigenvalue weighted by Crippen LogP contribution is -2.53. The zero-order valence-electron chi connectivity index (χ0n) is 11.8. The molecule has 0 bridgehead atoms. The Bertz CT molecular complexity index is 340. The number of urea groups is 1. The Balaban J connectivity index is 2.57. The summed E-state index contributed by atoms with van der Waals surface area (Å²) in [4.78, 5) is 24.4. The summed E-state index contributed by atoms with van der Waals surface area (Å²) in [6.07, 6.45) is 5.03. The molecule has 0 aromatic heterocycles. The standard InChI is InChI=1S/C13H24N2O5/c1-13(20,11(17)18)9-14-12(19)15(7-8-16)10-5-3-2-4-6-10/h10,16,20H,2-9H2,1H3,(H,14,19)(H,17,18). The van der Waals surface area contributed by atoms with E-state index in [9.17, 15) is 14.7 Å². The minimum atomic E-state index is -1.99. The van der Waals surface area contributed by atoms with E-state index in [4.69, 9.17) is 10.2 Å². The van der Waals surface area contributed by atoms with Crippen molar-refractivity contribution in [2.75, 3.05) is 19.7 Å². The molecule has 0 radical (unpaired) electrons. The molecular formula is C13H24N2O5. The molecule has 7 heteroatoms. The molecule has 2 amide bonds. The van der Waals surface area contributed by atoms with Gasteiger partial charge in [0, 0.05) is 12.6 Å². The molecule has 7 nitrogen and oxygen atoms in total. The van der Waals surface area contributed by atoms with Gasteiger partial charge in [0.05, 0.1) is 13.2 Å². The number of hydrogen-bond donors (Lipinski definition) is 4. The smallest absolute Gasteiger partial charge is 0.337 e. The van der Waals surface area contributed by atoms with E-state index < -0.39 is 17.6 Å². The normalized spacial score (nSPS) is 19.1. The van der Waals surface area contributed by atoms with Crippen molar-refractivity contribution in [3.63, 3.8) is 0 Å². The van der Waals surface area contributed by atoms with Crippen LogP contribution < -0.4 is 5.32 Å². The van der Waals surface area contributed by atoms with Crippen LogP contribution in [0.15, 0.2) is 0 Å². The van der Waals surface area contributed by atoms with E-state index in [1.165, 1.54) is 4.90 Å². The molecule has 1 rings (SSSR count). The van der Waals surface area contributed by atoms with E-state index in [1.807, 2.05) is 0 Å². The molecule has 20 heavy (non-hydrogen) atoms. The molecule has 1 aliphatic carbocycles. The second-order valence-corrected chi connectivity index (χ2v) is 5.45. The average molecular weight is 288 g/mol. The fraction of sp³-hybridized carbons (Fsp3) is 0.846. The summed E-state index contributed by atoms with van der Waals surface area (Å²) in [7, 11) is 0. The second-order valence-electron chi connectivity index (χ2n) is 5.45. The van der Waals surface area contributed by atoms with E-state index in [1.54, 1.807) is 0 Å². The number of carbonyl (C=O) groups is 2. The maximum absolute atomic E-state index is 12.1. The van der Waals surface area contributed by atoms with Gasteiger partial charge < -0.3 is 25.5 Å². The van der Waals surface area contributed by atoms with Crippen LogP contribution in [0.3, 0.4) is 0 Å². The highest BCUT2D eigenvalue weighted by molar-refractivity contribution is 5.79. The van der Waals surface area contributed by atoms with Crippen molar-refractivity contribution < 1.29 is 24.9 Å². The number of nitrogens with zero attached hydrogens (tertiary/aromatic N) is 1. The first-order valence-electron chi connectivity index (χ1n) is 6.99. The van der Waals surface area contributed by atoms with Crippen LogP contribution in [0.25, 0.3) is 0 Å². The predicted molar refractivity (Wildman–Crippen MR) is 72.3 cm³/mol. The topological polar surface area (TPSA) is 110 Å². The summed E-state index contributed by atoms with van der Waals surface area (Å²) in [5, 5.41) is 29.9. The molecule has 1 fully saturated rings. The number of carboxylic acids is 1. The molecule has 1 saturated carbocycles. The zero-order chi connectivity index (χ0) is 15.2. The van der Waals surface area contributed by atoms with Crippen LogP contribution in [0, 0.1) is 0 Å². The molecule has 1 atom stereocenters. The first kappa shape index (κ1) is 16.7. The van der Waals surface area contributed by atoms with E-state index >= 15 is 0 Å². The number of hydrogen-bond acceptors (Lipinski definition) is 4. The van der Waals surface area contributed by atoms with Gasteiger partial charge in [0.15, 0.2) is 5.60 Å². The molecule has 0 aromatic rings. The fourth-order valence-corrected chi connectivity index (χ4v) is 2.38. The van der Waals surface area contributed by atoms with Gasteiger partial charge >= 0.3 is 12.0 Å². The summed E-state index contributed by atoms with van der Waals surface area (Å²) < 4.78 is 0. The maximum atomic E-state index is 12.1. The largest absolute Gasteiger partial charge is 0.479 e. The summed E-state index contributed by atoms with van der Waals surface area (Å²) >= 11 is 0. The molecule has 0 heterocycles.